The van der Waals surface area contributed by atoms with Crippen molar-refractivity contribution in [2.75, 3.05) is 19.7 Å². The van der Waals surface area contributed by atoms with Gasteiger partial charge in [-0.05, 0) is 55.9 Å². The topological polar surface area (TPSA) is 49.8 Å². The summed E-state index contributed by atoms with van der Waals surface area (Å²) in [7, 11) is 0. The third-order valence-electron chi connectivity index (χ3n) is 5.36. The number of carbonyl (C=O) groups is 1. The summed E-state index contributed by atoms with van der Waals surface area (Å²) in [5.41, 5.74) is 2.24. The summed E-state index contributed by atoms with van der Waals surface area (Å²) in [6, 6.07) is 8.08. The first-order valence-electron chi connectivity index (χ1n) is 8.75. The second kappa shape index (κ2) is 7.35. The maximum Gasteiger partial charge on any atom is 0.410 e. The molecule has 1 aliphatic carbocycles. The molecule has 23 heavy (non-hydrogen) atoms. The van der Waals surface area contributed by atoms with Crippen molar-refractivity contribution in [2.45, 2.75) is 39.2 Å². The van der Waals surface area contributed by atoms with Crippen LogP contribution in [0.5, 0.6) is 0 Å². The SMILES string of the molecule is Cc1ccc(COC(=O)N2CCC(C3CC3CCO)CC2)cc1. The van der Waals surface area contributed by atoms with Gasteiger partial charge in [-0.25, -0.2) is 4.79 Å². The minimum absolute atomic E-state index is 0.188. The van der Waals surface area contributed by atoms with E-state index in [0.717, 1.165) is 55.7 Å². The number of piperidine rings is 1. The predicted octanol–water partition coefficient (Wildman–Crippen LogP) is 3.36. The number of aryl methyl sites for hydroxylation is 1. The maximum absolute atomic E-state index is 12.2. The highest BCUT2D eigenvalue weighted by molar-refractivity contribution is 5.67. The van der Waals surface area contributed by atoms with Crippen LogP contribution in [0.4, 0.5) is 4.79 Å². The summed E-state index contributed by atoms with van der Waals surface area (Å²) in [5.74, 6) is 2.24. The van der Waals surface area contributed by atoms with Crippen molar-refractivity contribution in [2.24, 2.45) is 17.8 Å². The van der Waals surface area contributed by atoms with E-state index in [4.69, 9.17) is 9.84 Å². The highest BCUT2D eigenvalue weighted by atomic mass is 16.6. The fourth-order valence-corrected chi connectivity index (χ4v) is 3.78. The zero-order chi connectivity index (χ0) is 16.2. The molecular weight excluding hydrogens is 290 g/mol. The number of ether oxygens (including phenoxy) is 1. The van der Waals surface area contributed by atoms with Crippen LogP contribution < -0.4 is 0 Å². The Morgan fingerprint density at radius 3 is 2.61 bits per heavy atom. The molecule has 0 spiro atoms. The van der Waals surface area contributed by atoms with Gasteiger partial charge in [0.25, 0.3) is 0 Å². The molecule has 4 heteroatoms. The van der Waals surface area contributed by atoms with E-state index in [2.05, 4.69) is 0 Å². The largest absolute Gasteiger partial charge is 0.445 e. The fraction of sp³-hybridized carbons (Fsp3) is 0.632. The normalized spacial score (nSPS) is 24.5. The van der Waals surface area contributed by atoms with Gasteiger partial charge < -0.3 is 14.7 Å². The van der Waals surface area contributed by atoms with Crippen LogP contribution in [-0.4, -0.2) is 35.8 Å². The van der Waals surface area contributed by atoms with Crippen LogP contribution in [0.3, 0.4) is 0 Å². The van der Waals surface area contributed by atoms with Crippen molar-refractivity contribution in [1.29, 1.82) is 0 Å². The fourth-order valence-electron chi connectivity index (χ4n) is 3.78. The molecule has 2 aliphatic rings. The monoisotopic (exact) mass is 317 g/mol. The van der Waals surface area contributed by atoms with E-state index in [1.165, 1.54) is 12.0 Å². The van der Waals surface area contributed by atoms with Crippen molar-refractivity contribution in [1.82, 2.24) is 4.90 Å². The van der Waals surface area contributed by atoms with Crippen molar-refractivity contribution in [3.8, 4) is 0 Å². The Bertz CT molecular complexity index is 520. The second-order valence-corrected chi connectivity index (χ2v) is 7.04. The van der Waals surface area contributed by atoms with Gasteiger partial charge in [0, 0.05) is 19.7 Å². The Kier molecular flexibility index (Phi) is 5.21. The first-order chi connectivity index (χ1) is 11.2. The first-order valence-corrected chi connectivity index (χ1v) is 8.75. The third-order valence-corrected chi connectivity index (χ3v) is 5.36. The summed E-state index contributed by atoms with van der Waals surface area (Å²) < 4.78 is 5.43. The summed E-state index contributed by atoms with van der Waals surface area (Å²) >= 11 is 0. The highest BCUT2D eigenvalue weighted by Gasteiger charge is 2.43. The molecule has 1 N–H and O–H groups in total. The van der Waals surface area contributed by atoms with Gasteiger partial charge in [-0.1, -0.05) is 29.8 Å². The van der Waals surface area contributed by atoms with Gasteiger partial charge in [-0.2, -0.15) is 0 Å². The summed E-state index contributed by atoms with van der Waals surface area (Å²) in [4.78, 5) is 14.0. The average Bonchev–Trinajstić information content (AvgIpc) is 3.34. The van der Waals surface area contributed by atoms with Gasteiger partial charge in [0.1, 0.15) is 6.61 Å². The number of benzene rings is 1. The molecule has 3 rings (SSSR count). The number of hydrogen-bond acceptors (Lipinski definition) is 3. The third kappa shape index (κ3) is 4.25. The number of amides is 1. The molecule has 1 aromatic carbocycles. The lowest BCUT2D eigenvalue weighted by atomic mass is 9.91. The Hall–Kier alpha value is -1.55. The molecular formula is C19H27NO3. The van der Waals surface area contributed by atoms with Crippen LogP contribution in [0.15, 0.2) is 24.3 Å². The molecule has 1 saturated carbocycles. The first kappa shape index (κ1) is 16.3. The number of hydrogen-bond donors (Lipinski definition) is 1. The van der Waals surface area contributed by atoms with E-state index in [1.54, 1.807) is 0 Å². The molecule has 126 valence electrons. The van der Waals surface area contributed by atoms with E-state index in [0.29, 0.717) is 13.2 Å². The number of aliphatic hydroxyl groups excluding tert-OH is 1. The van der Waals surface area contributed by atoms with Crippen LogP contribution in [-0.2, 0) is 11.3 Å². The standard InChI is InChI=1S/C19H27NO3/c1-14-2-4-15(5-3-14)13-23-19(22)20-9-6-16(7-10-20)18-12-17(18)8-11-21/h2-5,16-18,21H,6-13H2,1H3. The lowest BCUT2D eigenvalue weighted by Crippen LogP contribution is -2.39. The molecule has 2 atom stereocenters. The van der Waals surface area contributed by atoms with Crippen molar-refractivity contribution < 1.29 is 14.6 Å². The van der Waals surface area contributed by atoms with Gasteiger partial charge in [0.15, 0.2) is 0 Å². The van der Waals surface area contributed by atoms with Crippen molar-refractivity contribution in [3.63, 3.8) is 0 Å². The van der Waals surface area contributed by atoms with Crippen molar-refractivity contribution in [3.05, 3.63) is 35.4 Å². The Balaban J connectivity index is 1.39. The number of rotatable bonds is 5. The van der Waals surface area contributed by atoms with Gasteiger partial charge >= 0.3 is 6.09 Å². The lowest BCUT2D eigenvalue weighted by molar-refractivity contribution is 0.0795. The lowest BCUT2D eigenvalue weighted by Gasteiger charge is -2.31. The van der Waals surface area contributed by atoms with Crippen LogP contribution in [0.25, 0.3) is 0 Å². The van der Waals surface area contributed by atoms with Crippen LogP contribution in [0.1, 0.15) is 36.8 Å². The zero-order valence-electron chi connectivity index (χ0n) is 13.9. The van der Waals surface area contributed by atoms with E-state index < -0.39 is 0 Å². The molecule has 1 heterocycles. The summed E-state index contributed by atoms with van der Waals surface area (Å²) in [5, 5.41) is 9.01. The number of aliphatic hydroxyl groups is 1. The van der Waals surface area contributed by atoms with Gasteiger partial charge in [0.2, 0.25) is 0 Å². The quantitative estimate of drug-likeness (QED) is 0.906. The molecule has 0 aromatic heterocycles. The Morgan fingerprint density at radius 2 is 1.96 bits per heavy atom. The van der Waals surface area contributed by atoms with Crippen LogP contribution >= 0.6 is 0 Å². The highest BCUT2D eigenvalue weighted by Crippen LogP contribution is 2.49. The summed E-state index contributed by atoms with van der Waals surface area (Å²) in [6.07, 6.45) is 4.18. The van der Waals surface area contributed by atoms with E-state index in [1.807, 2.05) is 36.1 Å². The average molecular weight is 317 g/mol. The molecule has 2 fully saturated rings. The Labute approximate surface area is 138 Å². The molecule has 4 nitrogen and oxygen atoms in total. The predicted molar refractivity (Wildman–Crippen MR) is 89.0 cm³/mol. The Morgan fingerprint density at radius 1 is 1.26 bits per heavy atom. The van der Waals surface area contributed by atoms with E-state index in [9.17, 15) is 4.79 Å². The maximum atomic E-state index is 12.2. The van der Waals surface area contributed by atoms with Gasteiger partial charge in [-0.3, -0.25) is 0 Å². The zero-order valence-corrected chi connectivity index (χ0v) is 13.9. The molecule has 0 bridgehead atoms. The number of carbonyl (C=O) groups excluding carboxylic acids is 1. The van der Waals surface area contributed by atoms with Gasteiger partial charge in [0.05, 0.1) is 0 Å². The molecule has 1 amide bonds. The molecule has 1 saturated heterocycles. The molecule has 0 radical (unpaired) electrons. The second-order valence-electron chi connectivity index (χ2n) is 7.04. The summed E-state index contributed by atoms with van der Waals surface area (Å²) in [6.45, 7) is 4.32. The minimum atomic E-state index is -0.188. The van der Waals surface area contributed by atoms with Crippen molar-refractivity contribution >= 4 is 6.09 Å². The molecule has 1 aromatic rings. The molecule has 2 unspecified atom stereocenters. The van der Waals surface area contributed by atoms with Crippen LogP contribution in [0.2, 0.25) is 0 Å². The van der Waals surface area contributed by atoms with Crippen LogP contribution in [0, 0.1) is 24.7 Å². The van der Waals surface area contributed by atoms with Gasteiger partial charge in [-0.15, -0.1) is 0 Å². The van der Waals surface area contributed by atoms with E-state index in [-0.39, 0.29) is 6.09 Å². The smallest absolute Gasteiger partial charge is 0.410 e. The number of nitrogens with zero attached hydrogens (tertiary/aromatic N) is 1. The number of likely N-dealkylation sites (tertiary alicyclic amines) is 1. The minimum Gasteiger partial charge on any atom is -0.445 e. The molecule has 1 aliphatic heterocycles. The van der Waals surface area contributed by atoms with E-state index >= 15 is 0 Å².